The van der Waals surface area contributed by atoms with Crippen LogP contribution >= 0.6 is 0 Å². The van der Waals surface area contributed by atoms with Crippen molar-refractivity contribution in [2.75, 3.05) is 26.2 Å². The molecule has 1 saturated heterocycles. The Kier molecular flexibility index (Phi) is 4.97. The number of benzene rings is 1. The number of H-pyrrole nitrogens is 1. The Labute approximate surface area is 156 Å². The summed E-state index contributed by atoms with van der Waals surface area (Å²) in [6, 6.07) is 8.02. The van der Waals surface area contributed by atoms with Crippen molar-refractivity contribution >= 4 is 16.9 Å². The third-order valence-corrected chi connectivity index (χ3v) is 5.06. The van der Waals surface area contributed by atoms with Crippen molar-refractivity contribution in [1.82, 2.24) is 29.7 Å². The van der Waals surface area contributed by atoms with E-state index in [1.165, 1.54) is 12.4 Å². The number of aromatic nitrogens is 4. The molecule has 3 heterocycles. The number of carbonyl (C=O) groups is 1. The second-order valence-corrected chi connectivity index (χ2v) is 6.74. The fraction of sp³-hybridized carbons (Fsp3) is 0.368. The molecule has 0 unspecified atom stereocenters. The zero-order valence-corrected chi connectivity index (χ0v) is 15.0. The van der Waals surface area contributed by atoms with Gasteiger partial charge in [-0.3, -0.25) is 14.3 Å². The monoisotopic (exact) mass is 366 g/mol. The number of hydrogen-bond acceptors (Lipinski definition) is 5. The first-order chi connectivity index (χ1) is 13.2. The Morgan fingerprint density at radius 3 is 2.81 bits per heavy atom. The van der Waals surface area contributed by atoms with Crippen LogP contribution in [0.1, 0.15) is 29.4 Å². The second-order valence-electron chi connectivity index (χ2n) is 6.74. The van der Waals surface area contributed by atoms with Gasteiger partial charge in [-0.15, -0.1) is 0 Å². The SMILES string of the molecule is O=C(NCCN1CCC(n2c(=O)[nH]c3ccccc32)CC1)c1cnccn1. The minimum Gasteiger partial charge on any atom is -0.349 e. The standard InChI is InChI=1S/C19H22N6O2/c26-18(16-13-20-7-8-21-16)22-9-12-24-10-5-14(6-11-24)25-17-4-2-1-3-15(17)23-19(25)27/h1-4,7-8,13-14H,5-6,9-12H2,(H,22,26)(H,23,27). The summed E-state index contributed by atoms with van der Waals surface area (Å²) in [6.45, 7) is 3.14. The number of imidazole rings is 1. The number of nitrogens with one attached hydrogen (secondary N) is 2. The molecule has 0 saturated carbocycles. The van der Waals surface area contributed by atoms with Crippen LogP contribution < -0.4 is 11.0 Å². The molecule has 1 aliphatic rings. The summed E-state index contributed by atoms with van der Waals surface area (Å²) in [5.41, 5.74) is 2.15. The molecule has 0 spiro atoms. The maximum atomic E-state index is 12.3. The highest BCUT2D eigenvalue weighted by Gasteiger charge is 2.23. The maximum Gasteiger partial charge on any atom is 0.326 e. The molecule has 3 aromatic rings. The summed E-state index contributed by atoms with van der Waals surface area (Å²) in [7, 11) is 0. The molecule has 2 N–H and O–H groups in total. The Morgan fingerprint density at radius 1 is 1.22 bits per heavy atom. The molecule has 1 aliphatic heterocycles. The molecule has 1 aromatic carbocycles. The van der Waals surface area contributed by atoms with Crippen molar-refractivity contribution in [3.05, 3.63) is 59.0 Å². The van der Waals surface area contributed by atoms with E-state index in [1.54, 1.807) is 6.20 Å². The van der Waals surface area contributed by atoms with Crippen LogP contribution in [0, 0.1) is 0 Å². The zero-order valence-electron chi connectivity index (χ0n) is 15.0. The van der Waals surface area contributed by atoms with Crippen molar-refractivity contribution in [1.29, 1.82) is 0 Å². The van der Waals surface area contributed by atoms with Crippen LogP contribution in [0.4, 0.5) is 0 Å². The second kappa shape index (κ2) is 7.71. The Morgan fingerprint density at radius 2 is 2.04 bits per heavy atom. The van der Waals surface area contributed by atoms with Gasteiger partial charge in [0, 0.05) is 44.6 Å². The smallest absolute Gasteiger partial charge is 0.326 e. The van der Waals surface area contributed by atoms with Crippen molar-refractivity contribution in [2.24, 2.45) is 0 Å². The highest BCUT2D eigenvalue weighted by Crippen LogP contribution is 2.24. The molecule has 0 bridgehead atoms. The highest BCUT2D eigenvalue weighted by molar-refractivity contribution is 5.91. The first-order valence-corrected chi connectivity index (χ1v) is 9.18. The normalized spacial score (nSPS) is 15.9. The molecule has 0 radical (unpaired) electrons. The largest absolute Gasteiger partial charge is 0.349 e. The van der Waals surface area contributed by atoms with Crippen molar-refractivity contribution in [3.63, 3.8) is 0 Å². The predicted octanol–water partition coefficient (Wildman–Crippen LogP) is 1.19. The van der Waals surface area contributed by atoms with Gasteiger partial charge in [0.1, 0.15) is 5.69 Å². The summed E-state index contributed by atoms with van der Waals surface area (Å²) in [5.74, 6) is -0.205. The number of likely N-dealkylation sites (tertiary alicyclic amines) is 1. The van der Waals surface area contributed by atoms with Gasteiger partial charge in [0.2, 0.25) is 0 Å². The van der Waals surface area contributed by atoms with E-state index >= 15 is 0 Å². The van der Waals surface area contributed by atoms with Gasteiger partial charge in [-0.2, -0.15) is 0 Å². The Hall–Kier alpha value is -3.00. The molecular weight excluding hydrogens is 344 g/mol. The zero-order chi connectivity index (χ0) is 18.6. The van der Waals surface area contributed by atoms with Crippen LogP contribution in [0.25, 0.3) is 11.0 Å². The molecule has 27 heavy (non-hydrogen) atoms. The van der Waals surface area contributed by atoms with Gasteiger partial charge in [-0.05, 0) is 25.0 Å². The summed E-state index contributed by atoms with van der Waals surface area (Å²) < 4.78 is 1.89. The highest BCUT2D eigenvalue weighted by atomic mass is 16.2. The minimum absolute atomic E-state index is 0.0362. The van der Waals surface area contributed by atoms with Gasteiger partial charge in [-0.25, -0.2) is 9.78 Å². The lowest BCUT2D eigenvalue weighted by Crippen LogP contribution is -2.41. The fourth-order valence-corrected chi connectivity index (χ4v) is 3.67. The topological polar surface area (TPSA) is 95.9 Å². The summed E-state index contributed by atoms with van der Waals surface area (Å²) in [4.78, 5) is 37.5. The number of piperidine rings is 1. The number of aromatic amines is 1. The van der Waals surface area contributed by atoms with Gasteiger partial charge in [-0.1, -0.05) is 12.1 Å². The number of carbonyl (C=O) groups excluding carboxylic acids is 1. The number of rotatable bonds is 5. The van der Waals surface area contributed by atoms with E-state index in [-0.39, 0.29) is 17.6 Å². The molecule has 0 aliphatic carbocycles. The lowest BCUT2D eigenvalue weighted by Gasteiger charge is -2.32. The first kappa shape index (κ1) is 17.4. The quantitative estimate of drug-likeness (QED) is 0.707. The van der Waals surface area contributed by atoms with E-state index in [9.17, 15) is 9.59 Å². The minimum atomic E-state index is -0.205. The van der Waals surface area contributed by atoms with E-state index in [0.717, 1.165) is 43.5 Å². The van der Waals surface area contributed by atoms with Crippen LogP contribution in [0.2, 0.25) is 0 Å². The van der Waals surface area contributed by atoms with Crippen molar-refractivity contribution in [2.45, 2.75) is 18.9 Å². The molecule has 8 heteroatoms. The van der Waals surface area contributed by atoms with Crippen LogP contribution in [-0.4, -0.2) is 56.5 Å². The molecule has 1 fully saturated rings. The Bertz CT molecular complexity index is 973. The third kappa shape index (κ3) is 3.75. The van der Waals surface area contributed by atoms with Gasteiger partial charge < -0.3 is 15.2 Å². The van der Waals surface area contributed by atoms with Gasteiger partial charge in [0.15, 0.2) is 0 Å². The first-order valence-electron chi connectivity index (χ1n) is 9.18. The van der Waals surface area contributed by atoms with E-state index < -0.39 is 0 Å². The van der Waals surface area contributed by atoms with Crippen LogP contribution in [0.15, 0.2) is 47.7 Å². The molecule has 1 amide bonds. The lowest BCUT2D eigenvalue weighted by molar-refractivity contribution is 0.0939. The van der Waals surface area contributed by atoms with Crippen LogP contribution in [0.5, 0.6) is 0 Å². The van der Waals surface area contributed by atoms with Gasteiger partial charge in [0.25, 0.3) is 5.91 Å². The maximum absolute atomic E-state index is 12.3. The number of nitrogens with zero attached hydrogens (tertiary/aromatic N) is 4. The van der Waals surface area contributed by atoms with Gasteiger partial charge in [0.05, 0.1) is 17.2 Å². The molecule has 4 rings (SSSR count). The number of amides is 1. The average molecular weight is 366 g/mol. The number of hydrogen-bond donors (Lipinski definition) is 2. The predicted molar refractivity (Wildman–Crippen MR) is 102 cm³/mol. The average Bonchev–Trinajstić information content (AvgIpc) is 3.05. The number of fused-ring (bicyclic) bond motifs is 1. The molecule has 8 nitrogen and oxygen atoms in total. The molecular formula is C19H22N6O2. The molecule has 2 aromatic heterocycles. The van der Waals surface area contributed by atoms with E-state index in [1.807, 2.05) is 28.8 Å². The summed E-state index contributed by atoms with van der Waals surface area (Å²) >= 11 is 0. The van der Waals surface area contributed by atoms with E-state index in [0.29, 0.717) is 12.2 Å². The van der Waals surface area contributed by atoms with Crippen molar-refractivity contribution in [3.8, 4) is 0 Å². The Balaban J connectivity index is 1.30. The summed E-state index contributed by atoms with van der Waals surface area (Å²) in [6.07, 6.45) is 6.34. The lowest BCUT2D eigenvalue weighted by atomic mass is 10.0. The molecule has 0 atom stereocenters. The summed E-state index contributed by atoms with van der Waals surface area (Å²) in [5, 5.41) is 2.87. The number of para-hydroxylation sites is 2. The van der Waals surface area contributed by atoms with E-state index in [2.05, 4.69) is 25.2 Å². The fourth-order valence-electron chi connectivity index (χ4n) is 3.67. The van der Waals surface area contributed by atoms with Crippen LogP contribution in [0.3, 0.4) is 0 Å². The molecule has 140 valence electrons. The van der Waals surface area contributed by atoms with Crippen molar-refractivity contribution < 1.29 is 4.79 Å². The third-order valence-electron chi connectivity index (χ3n) is 5.06. The van der Waals surface area contributed by atoms with Crippen LogP contribution in [-0.2, 0) is 0 Å². The van der Waals surface area contributed by atoms with E-state index in [4.69, 9.17) is 0 Å². The van der Waals surface area contributed by atoms with Gasteiger partial charge >= 0.3 is 5.69 Å².